The average Bonchev–Trinajstić information content (AvgIpc) is 3.04. The maximum Gasteiger partial charge on any atom is 0.221 e. The Balaban J connectivity index is 1.90. The van der Waals surface area contributed by atoms with Gasteiger partial charge in [-0.15, -0.1) is 0 Å². The van der Waals surface area contributed by atoms with Gasteiger partial charge in [0.05, 0.1) is 14.2 Å². The number of aromatic nitrogens is 1. The zero-order valence-electron chi connectivity index (χ0n) is 12.4. The molecule has 1 N–H and O–H groups in total. The lowest BCUT2D eigenvalue weighted by atomic mass is 10.1. The van der Waals surface area contributed by atoms with E-state index in [1.165, 1.54) is 6.42 Å². The molecule has 0 spiro atoms. The van der Waals surface area contributed by atoms with Gasteiger partial charge in [-0.25, -0.2) is 4.98 Å². The van der Waals surface area contributed by atoms with Crippen LogP contribution in [0.25, 0.3) is 10.8 Å². The predicted molar refractivity (Wildman–Crippen MR) is 81.4 cm³/mol. The third-order valence-corrected chi connectivity index (χ3v) is 3.82. The topological polar surface area (TPSA) is 52.6 Å². The van der Waals surface area contributed by atoms with Crippen LogP contribution in [0.1, 0.15) is 12.8 Å². The highest BCUT2D eigenvalue weighted by atomic mass is 16.5. The molecule has 0 amide bonds. The van der Waals surface area contributed by atoms with Gasteiger partial charge in [-0.2, -0.15) is 0 Å². The molecule has 0 radical (unpaired) electrons. The summed E-state index contributed by atoms with van der Waals surface area (Å²) in [5, 5.41) is 5.38. The average molecular weight is 288 g/mol. The molecule has 0 saturated carbocycles. The number of pyridine rings is 1. The second-order valence-electron chi connectivity index (χ2n) is 5.15. The maximum atomic E-state index is 5.91. The van der Waals surface area contributed by atoms with Crippen molar-refractivity contribution in [2.45, 2.75) is 18.9 Å². The molecule has 0 bridgehead atoms. The maximum absolute atomic E-state index is 5.91. The summed E-state index contributed by atoms with van der Waals surface area (Å²) < 4.78 is 16.6. The first-order valence-corrected chi connectivity index (χ1v) is 7.18. The molecule has 0 aliphatic carbocycles. The fourth-order valence-electron chi connectivity index (χ4n) is 2.67. The minimum atomic E-state index is 0.419. The van der Waals surface area contributed by atoms with E-state index in [-0.39, 0.29) is 0 Å². The lowest BCUT2D eigenvalue weighted by molar-refractivity contribution is 0.271. The number of benzene rings is 1. The van der Waals surface area contributed by atoms with Gasteiger partial charge < -0.3 is 19.5 Å². The summed E-state index contributed by atoms with van der Waals surface area (Å²) in [6.45, 7) is 1.71. The highest BCUT2D eigenvalue weighted by molar-refractivity contribution is 5.89. The van der Waals surface area contributed by atoms with Crippen LogP contribution < -0.4 is 19.5 Å². The van der Waals surface area contributed by atoms with Crippen LogP contribution in [0.4, 0.5) is 0 Å². The molecule has 2 aromatic rings. The van der Waals surface area contributed by atoms with Crippen molar-refractivity contribution in [1.29, 1.82) is 0 Å². The van der Waals surface area contributed by atoms with E-state index in [1.54, 1.807) is 20.4 Å². The van der Waals surface area contributed by atoms with Crippen molar-refractivity contribution in [1.82, 2.24) is 10.3 Å². The van der Waals surface area contributed by atoms with E-state index in [1.807, 2.05) is 18.2 Å². The Kier molecular flexibility index (Phi) is 4.10. The molecule has 1 aromatic heterocycles. The summed E-state index contributed by atoms with van der Waals surface area (Å²) in [5.74, 6) is 2.03. The first-order valence-electron chi connectivity index (χ1n) is 7.18. The highest BCUT2D eigenvalue weighted by Crippen LogP contribution is 2.35. The van der Waals surface area contributed by atoms with Gasteiger partial charge in [0.1, 0.15) is 6.61 Å². The largest absolute Gasteiger partial charge is 0.493 e. The summed E-state index contributed by atoms with van der Waals surface area (Å²) in [6, 6.07) is 6.22. The van der Waals surface area contributed by atoms with Crippen LogP contribution in [0, 0.1) is 0 Å². The fraction of sp³-hybridized carbons (Fsp3) is 0.438. The number of fused-ring (bicyclic) bond motifs is 1. The smallest absolute Gasteiger partial charge is 0.221 e. The van der Waals surface area contributed by atoms with Crippen molar-refractivity contribution in [2.24, 2.45) is 0 Å². The summed E-state index contributed by atoms with van der Waals surface area (Å²) >= 11 is 0. The molecule has 1 saturated heterocycles. The zero-order valence-corrected chi connectivity index (χ0v) is 12.4. The van der Waals surface area contributed by atoms with E-state index >= 15 is 0 Å². The Hall–Kier alpha value is -2.01. The van der Waals surface area contributed by atoms with Crippen molar-refractivity contribution in [3.63, 3.8) is 0 Å². The molecular formula is C16H20N2O3. The summed E-state index contributed by atoms with van der Waals surface area (Å²) in [7, 11) is 3.26. The Morgan fingerprint density at radius 1 is 1.24 bits per heavy atom. The van der Waals surface area contributed by atoms with Crippen LogP contribution in [0.15, 0.2) is 24.4 Å². The van der Waals surface area contributed by atoms with Gasteiger partial charge in [0.25, 0.3) is 0 Å². The van der Waals surface area contributed by atoms with E-state index in [9.17, 15) is 0 Å². The van der Waals surface area contributed by atoms with Crippen LogP contribution in [-0.4, -0.2) is 38.4 Å². The van der Waals surface area contributed by atoms with E-state index < -0.39 is 0 Å². The first-order chi connectivity index (χ1) is 10.3. The normalized spacial score (nSPS) is 17.9. The fourth-order valence-corrected chi connectivity index (χ4v) is 2.67. The molecule has 1 fully saturated rings. The van der Waals surface area contributed by atoms with Crippen LogP contribution in [0.3, 0.4) is 0 Å². The summed E-state index contributed by atoms with van der Waals surface area (Å²) in [5.41, 5.74) is 0. The van der Waals surface area contributed by atoms with Crippen LogP contribution >= 0.6 is 0 Å². The molecule has 3 rings (SSSR count). The number of methoxy groups -OCH3 is 2. The van der Waals surface area contributed by atoms with Gasteiger partial charge in [0, 0.05) is 17.6 Å². The first kappa shape index (κ1) is 13.9. The van der Waals surface area contributed by atoms with Gasteiger partial charge in [0.2, 0.25) is 5.88 Å². The van der Waals surface area contributed by atoms with Crippen molar-refractivity contribution in [3.05, 3.63) is 24.4 Å². The van der Waals surface area contributed by atoms with Crippen molar-refractivity contribution >= 4 is 10.8 Å². The number of nitrogens with one attached hydrogen (secondary N) is 1. The predicted octanol–water partition coefficient (Wildman–Crippen LogP) is 2.38. The molecule has 1 aliphatic heterocycles. The Morgan fingerprint density at radius 3 is 2.76 bits per heavy atom. The number of rotatable bonds is 5. The third kappa shape index (κ3) is 2.88. The molecule has 1 atom stereocenters. The quantitative estimate of drug-likeness (QED) is 0.915. The monoisotopic (exact) mass is 288 g/mol. The third-order valence-electron chi connectivity index (χ3n) is 3.82. The molecule has 1 aromatic carbocycles. The van der Waals surface area contributed by atoms with E-state index in [2.05, 4.69) is 10.3 Å². The van der Waals surface area contributed by atoms with E-state index in [4.69, 9.17) is 14.2 Å². The zero-order chi connectivity index (χ0) is 14.7. The number of hydrogen-bond acceptors (Lipinski definition) is 5. The minimum Gasteiger partial charge on any atom is -0.493 e. The van der Waals surface area contributed by atoms with Crippen molar-refractivity contribution in [2.75, 3.05) is 27.4 Å². The van der Waals surface area contributed by atoms with Gasteiger partial charge in [-0.3, -0.25) is 0 Å². The van der Waals surface area contributed by atoms with Gasteiger partial charge in [-0.1, -0.05) is 0 Å². The molecule has 1 unspecified atom stereocenters. The Morgan fingerprint density at radius 2 is 2.05 bits per heavy atom. The standard InChI is InChI=1S/C16H20N2O3/c1-19-14-8-11-5-7-18-16(13(11)9-15(14)20-2)21-10-12-4-3-6-17-12/h5,7-9,12,17H,3-4,6,10H2,1-2H3. The van der Waals surface area contributed by atoms with Crippen LogP contribution in [-0.2, 0) is 0 Å². The highest BCUT2D eigenvalue weighted by Gasteiger charge is 2.16. The van der Waals surface area contributed by atoms with Crippen LogP contribution in [0.2, 0.25) is 0 Å². The molecule has 1 aliphatic rings. The molecule has 5 heteroatoms. The summed E-state index contributed by atoms with van der Waals surface area (Å²) in [4.78, 5) is 4.35. The van der Waals surface area contributed by atoms with Gasteiger partial charge >= 0.3 is 0 Å². The molecule has 2 heterocycles. The second-order valence-corrected chi connectivity index (χ2v) is 5.15. The van der Waals surface area contributed by atoms with Crippen molar-refractivity contribution in [3.8, 4) is 17.4 Å². The van der Waals surface area contributed by atoms with Crippen molar-refractivity contribution < 1.29 is 14.2 Å². The second kappa shape index (κ2) is 6.18. The molecule has 5 nitrogen and oxygen atoms in total. The number of hydrogen-bond donors (Lipinski definition) is 1. The Bertz CT molecular complexity index is 624. The minimum absolute atomic E-state index is 0.419. The van der Waals surface area contributed by atoms with E-state index in [0.717, 1.165) is 23.7 Å². The SMILES string of the molecule is COc1cc2ccnc(OCC3CCCN3)c2cc1OC. The lowest BCUT2D eigenvalue weighted by Crippen LogP contribution is -2.28. The number of nitrogens with zero attached hydrogens (tertiary/aromatic N) is 1. The van der Waals surface area contributed by atoms with Gasteiger partial charge in [0.15, 0.2) is 11.5 Å². The Labute approximate surface area is 124 Å². The van der Waals surface area contributed by atoms with E-state index in [0.29, 0.717) is 30.0 Å². The summed E-state index contributed by atoms with van der Waals surface area (Å²) in [6.07, 6.45) is 4.12. The molecular weight excluding hydrogens is 268 g/mol. The molecule has 112 valence electrons. The number of ether oxygens (including phenoxy) is 3. The van der Waals surface area contributed by atoms with Crippen LogP contribution in [0.5, 0.6) is 17.4 Å². The van der Waals surface area contributed by atoms with Gasteiger partial charge in [-0.05, 0) is 43.0 Å². The molecule has 21 heavy (non-hydrogen) atoms. The lowest BCUT2D eigenvalue weighted by Gasteiger charge is -2.14.